The second kappa shape index (κ2) is 7.98. The zero-order valence-corrected chi connectivity index (χ0v) is 17.9. The van der Waals surface area contributed by atoms with Crippen molar-refractivity contribution >= 4 is 42.5 Å². The Morgan fingerprint density at radius 2 is 2.14 bits per heavy atom. The lowest BCUT2D eigenvalue weighted by molar-refractivity contribution is 0.0374. The van der Waals surface area contributed by atoms with E-state index in [2.05, 4.69) is 32.8 Å². The summed E-state index contributed by atoms with van der Waals surface area (Å²) in [5, 5.41) is 3.18. The molecular formula is C19H23BrN4O3S. The van der Waals surface area contributed by atoms with Gasteiger partial charge in [0.05, 0.1) is 36.7 Å². The van der Waals surface area contributed by atoms with Crippen LogP contribution in [0.2, 0.25) is 0 Å². The second-order valence-electron chi connectivity index (χ2n) is 6.86. The highest BCUT2D eigenvalue weighted by atomic mass is 79.9. The van der Waals surface area contributed by atoms with Crippen LogP contribution in [0.3, 0.4) is 0 Å². The Morgan fingerprint density at radius 3 is 2.82 bits per heavy atom. The van der Waals surface area contributed by atoms with Crippen LogP contribution in [0, 0.1) is 0 Å². The summed E-state index contributed by atoms with van der Waals surface area (Å²) >= 11 is 3.50. The molecule has 2 aliphatic rings. The van der Waals surface area contributed by atoms with Crippen molar-refractivity contribution in [3.05, 3.63) is 41.5 Å². The number of hydrogen-bond acceptors (Lipinski definition) is 6. The fraction of sp³-hybridized carbons (Fsp3) is 0.421. The molecule has 1 aromatic heterocycles. The predicted molar refractivity (Wildman–Crippen MR) is 114 cm³/mol. The lowest BCUT2D eigenvalue weighted by Crippen LogP contribution is -2.46. The maximum atomic E-state index is 13.6. The third-order valence-electron chi connectivity index (χ3n) is 5.10. The Balaban J connectivity index is 1.79. The van der Waals surface area contributed by atoms with Gasteiger partial charge in [0.2, 0.25) is 0 Å². The molecule has 28 heavy (non-hydrogen) atoms. The number of nitrogens with zero attached hydrogens (tertiary/aromatic N) is 3. The van der Waals surface area contributed by atoms with Crippen LogP contribution in [0.4, 0.5) is 0 Å². The molecule has 2 aliphatic heterocycles. The average molecular weight is 467 g/mol. The molecule has 1 aromatic carbocycles. The van der Waals surface area contributed by atoms with E-state index in [1.165, 1.54) is 6.08 Å². The van der Waals surface area contributed by atoms with Crippen molar-refractivity contribution < 1.29 is 13.2 Å². The number of morpholine rings is 1. The monoisotopic (exact) mass is 466 g/mol. The topological polar surface area (TPSA) is 75.9 Å². The van der Waals surface area contributed by atoms with Crippen LogP contribution in [-0.2, 0) is 21.1 Å². The standard InChI is InChI=1S/C19H23BrN4O3S/c1-2-19(23-7-9-27-10-8-23)28(25,26)17-12-24(13-18-21-5-6-22-18)16-11-14(20)3-4-15(16)17/h2-4,11-12,19H,1,5-10,13H2,(H,21,22). The summed E-state index contributed by atoms with van der Waals surface area (Å²) < 4.78 is 35.4. The zero-order valence-electron chi connectivity index (χ0n) is 15.5. The maximum Gasteiger partial charge on any atom is 0.200 e. The summed E-state index contributed by atoms with van der Waals surface area (Å²) in [5.74, 6) is 0.870. The molecule has 0 spiro atoms. The molecule has 1 atom stereocenters. The van der Waals surface area contributed by atoms with E-state index in [-0.39, 0.29) is 0 Å². The summed E-state index contributed by atoms with van der Waals surface area (Å²) in [6.45, 7) is 8.08. The molecule has 1 N–H and O–H groups in total. The Labute approximate surface area is 173 Å². The zero-order chi connectivity index (χ0) is 19.7. The minimum Gasteiger partial charge on any atom is -0.379 e. The number of aromatic nitrogens is 1. The van der Waals surface area contributed by atoms with E-state index in [1.54, 1.807) is 6.20 Å². The first-order valence-corrected chi connectivity index (χ1v) is 11.6. The summed E-state index contributed by atoms with van der Waals surface area (Å²) in [7, 11) is -3.65. The fourth-order valence-corrected chi connectivity index (χ4v) is 5.96. The van der Waals surface area contributed by atoms with Gasteiger partial charge in [-0.25, -0.2) is 8.42 Å². The van der Waals surface area contributed by atoms with Gasteiger partial charge in [-0.15, -0.1) is 6.58 Å². The largest absolute Gasteiger partial charge is 0.379 e. The van der Waals surface area contributed by atoms with Crippen LogP contribution in [0.25, 0.3) is 10.9 Å². The molecule has 0 bridgehead atoms. The second-order valence-corrected chi connectivity index (χ2v) is 9.79. The molecule has 0 radical (unpaired) electrons. The number of hydrogen-bond donors (Lipinski definition) is 1. The molecule has 1 fully saturated rings. The Kier molecular flexibility index (Phi) is 5.59. The summed E-state index contributed by atoms with van der Waals surface area (Å²) in [5.41, 5.74) is 0.856. The molecule has 0 aliphatic carbocycles. The van der Waals surface area contributed by atoms with Crippen molar-refractivity contribution in [2.45, 2.75) is 16.8 Å². The number of halogens is 1. The van der Waals surface area contributed by atoms with Gasteiger partial charge in [-0.1, -0.05) is 28.1 Å². The lowest BCUT2D eigenvalue weighted by Gasteiger charge is -2.32. The first kappa shape index (κ1) is 19.6. The van der Waals surface area contributed by atoms with E-state index >= 15 is 0 Å². The average Bonchev–Trinajstić information content (AvgIpc) is 3.32. The quantitative estimate of drug-likeness (QED) is 0.659. The van der Waals surface area contributed by atoms with E-state index in [9.17, 15) is 8.42 Å². The van der Waals surface area contributed by atoms with Gasteiger partial charge < -0.3 is 14.6 Å². The van der Waals surface area contributed by atoms with Crippen molar-refractivity contribution in [3.8, 4) is 0 Å². The number of amidine groups is 1. The lowest BCUT2D eigenvalue weighted by atomic mass is 10.2. The van der Waals surface area contributed by atoms with Crippen molar-refractivity contribution in [3.63, 3.8) is 0 Å². The van der Waals surface area contributed by atoms with Gasteiger partial charge in [0.25, 0.3) is 0 Å². The van der Waals surface area contributed by atoms with Gasteiger partial charge in [-0.05, 0) is 12.1 Å². The number of benzene rings is 1. The molecule has 7 nitrogen and oxygen atoms in total. The fourth-order valence-electron chi connectivity index (χ4n) is 3.74. The van der Waals surface area contributed by atoms with Gasteiger partial charge in [-0.3, -0.25) is 9.89 Å². The smallest absolute Gasteiger partial charge is 0.200 e. The van der Waals surface area contributed by atoms with E-state index in [1.807, 2.05) is 27.7 Å². The number of ether oxygens (including phenoxy) is 1. The number of rotatable bonds is 6. The van der Waals surface area contributed by atoms with Crippen LogP contribution >= 0.6 is 15.9 Å². The van der Waals surface area contributed by atoms with E-state index in [0.29, 0.717) is 43.1 Å². The predicted octanol–water partition coefficient (Wildman–Crippen LogP) is 2.02. The molecule has 1 unspecified atom stereocenters. The summed E-state index contributed by atoms with van der Waals surface area (Å²) in [6, 6.07) is 5.67. The van der Waals surface area contributed by atoms with E-state index in [0.717, 1.165) is 28.9 Å². The third kappa shape index (κ3) is 3.63. The van der Waals surface area contributed by atoms with Gasteiger partial charge in [0.1, 0.15) is 11.2 Å². The van der Waals surface area contributed by atoms with Crippen molar-refractivity contribution in [1.82, 2.24) is 14.8 Å². The van der Waals surface area contributed by atoms with Crippen molar-refractivity contribution in [2.75, 3.05) is 39.4 Å². The normalized spacial score (nSPS) is 19.4. The first-order chi connectivity index (χ1) is 13.5. The SMILES string of the molecule is C=CC(N1CCOCC1)S(=O)(=O)c1cn(CC2=NCCN2)c2cc(Br)ccc12. The Hall–Kier alpha value is -1.68. The molecule has 2 aromatic rings. The van der Waals surface area contributed by atoms with Crippen LogP contribution in [-0.4, -0.2) is 68.5 Å². The summed E-state index contributed by atoms with van der Waals surface area (Å²) in [6.07, 6.45) is 3.25. The van der Waals surface area contributed by atoms with Crippen LogP contribution in [0.15, 0.2) is 51.4 Å². The Bertz CT molecular complexity index is 1030. The molecule has 3 heterocycles. The molecule has 0 amide bonds. The highest BCUT2D eigenvalue weighted by Gasteiger charge is 2.34. The number of nitrogens with one attached hydrogen (secondary N) is 1. The molecule has 4 rings (SSSR count). The van der Waals surface area contributed by atoms with Crippen LogP contribution in [0.5, 0.6) is 0 Å². The third-order valence-corrected chi connectivity index (χ3v) is 7.66. The minimum absolute atomic E-state index is 0.324. The van der Waals surface area contributed by atoms with Crippen molar-refractivity contribution in [2.24, 2.45) is 4.99 Å². The van der Waals surface area contributed by atoms with E-state index in [4.69, 9.17) is 4.74 Å². The number of sulfone groups is 1. The van der Waals surface area contributed by atoms with Gasteiger partial charge in [0, 0.05) is 35.7 Å². The first-order valence-electron chi connectivity index (χ1n) is 9.24. The van der Waals surface area contributed by atoms with Crippen LogP contribution < -0.4 is 5.32 Å². The molecule has 150 valence electrons. The maximum absolute atomic E-state index is 13.6. The summed E-state index contributed by atoms with van der Waals surface area (Å²) in [4.78, 5) is 6.68. The van der Waals surface area contributed by atoms with Gasteiger partial charge in [-0.2, -0.15) is 0 Å². The highest BCUT2D eigenvalue weighted by Crippen LogP contribution is 2.32. The number of aliphatic imine (C=N–C) groups is 1. The highest BCUT2D eigenvalue weighted by molar-refractivity contribution is 9.10. The molecule has 0 saturated carbocycles. The van der Waals surface area contributed by atoms with Gasteiger partial charge in [0.15, 0.2) is 9.84 Å². The number of fused-ring (bicyclic) bond motifs is 1. The molecule has 1 saturated heterocycles. The van der Waals surface area contributed by atoms with E-state index < -0.39 is 15.2 Å². The van der Waals surface area contributed by atoms with Crippen LogP contribution in [0.1, 0.15) is 0 Å². The minimum atomic E-state index is -3.65. The van der Waals surface area contributed by atoms with Gasteiger partial charge >= 0.3 is 0 Å². The molecular weight excluding hydrogens is 444 g/mol. The Morgan fingerprint density at radius 1 is 1.36 bits per heavy atom. The van der Waals surface area contributed by atoms with Crippen molar-refractivity contribution in [1.29, 1.82) is 0 Å². The molecule has 9 heteroatoms.